The molecule has 0 amide bonds. The van der Waals surface area contributed by atoms with E-state index in [1.54, 1.807) is 0 Å². The van der Waals surface area contributed by atoms with Crippen LogP contribution >= 0.6 is 24.8 Å². The van der Waals surface area contributed by atoms with Crippen molar-refractivity contribution in [2.75, 3.05) is 33.2 Å². The van der Waals surface area contributed by atoms with Crippen LogP contribution in [0.5, 0.6) is 0 Å². The van der Waals surface area contributed by atoms with Gasteiger partial charge in [0.05, 0.1) is 6.54 Å². The molecule has 0 bridgehead atoms. The largest absolute Gasteiger partial charge is 0.476 e. The molecule has 0 saturated carbocycles. The van der Waals surface area contributed by atoms with Gasteiger partial charge in [0.1, 0.15) is 0 Å². The SMILES string of the molecule is CN1CCN(Cc2cc(C(=O)O)no2)CC1.Cl.Cl. The van der Waals surface area contributed by atoms with Crippen molar-refractivity contribution in [2.24, 2.45) is 0 Å². The molecule has 1 fully saturated rings. The van der Waals surface area contributed by atoms with Gasteiger partial charge in [-0.3, -0.25) is 4.90 Å². The Morgan fingerprint density at radius 2 is 2.00 bits per heavy atom. The Labute approximate surface area is 118 Å². The molecule has 0 spiro atoms. The number of hydrogen-bond donors (Lipinski definition) is 1. The lowest BCUT2D eigenvalue weighted by molar-refractivity contribution is 0.0685. The minimum Gasteiger partial charge on any atom is -0.476 e. The molecule has 18 heavy (non-hydrogen) atoms. The van der Waals surface area contributed by atoms with Crippen LogP contribution in [0, 0.1) is 0 Å². The standard InChI is InChI=1S/C10H15N3O3.2ClH/c1-12-2-4-13(5-3-12)7-8-6-9(10(14)15)11-16-8;;/h6H,2-5,7H2,1H3,(H,14,15);2*1H. The Hall–Kier alpha value is -0.820. The Bertz CT molecular complexity index is 378. The molecule has 1 aliphatic rings. The van der Waals surface area contributed by atoms with Gasteiger partial charge in [-0.25, -0.2) is 4.79 Å². The second kappa shape index (κ2) is 7.58. The fourth-order valence-electron chi connectivity index (χ4n) is 1.71. The summed E-state index contributed by atoms with van der Waals surface area (Å²) in [6.07, 6.45) is 0. The molecule has 6 nitrogen and oxygen atoms in total. The lowest BCUT2D eigenvalue weighted by Crippen LogP contribution is -2.43. The predicted octanol–water partition coefficient (Wildman–Crippen LogP) is 0.964. The van der Waals surface area contributed by atoms with Gasteiger partial charge in [-0.1, -0.05) is 5.16 Å². The second-order valence-corrected chi connectivity index (χ2v) is 4.06. The zero-order valence-electron chi connectivity index (χ0n) is 10.0. The van der Waals surface area contributed by atoms with Crippen molar-refractivity contribution in [2.45, 2.75) is 6.54 Å². The highest BCUT2D eigenvalue weighted by atomic mass is 35.5. The zero-order valence-corrected chi connectivity index (χ0v) is 11.7. The Kier molecular flexibility index (Phi) is 7.23. The highest BCUT2D eigenvalue weighted by Crippen LogP contribution is 2.09. The van der Waals surface area contributed by atoms with Crippen molar-refractivity contribution >= 4 is 30.8 Å². The molecule has 0 atom stereocenters. The third-order valence-corrected chi connectivity index (χ3v) is 2.75. The van der Waals surface area contributed by atoms with Crippen LogP contribution in [0.3, 0.4) is 0 Å². The minimum atomic E-state index is -1.05. The molecule has 0 unspecified atom stereocenters. The number of nitrogens with zero attached hydrogens (tertiary/aromatic N) is 3. The van der Waals surface area contributed by atoms with E-state index in [1.165, 1.54) is 6.07 Å². The molecular weight excluding hydrogens is 281 g/mol. The Balaban J connectivity index is 0.00000144. The van der Waals surface area contributed by atoms with Crippen LogP contribution in [-0.4, -0.2) is 59.3 Å². The molecule has 1 aromatic rings. The molecular formula is C10H17Cl2N3O3. The molecule has 0 aromatic carbocycles. The van der Waals surface area contributed by atoms with Crippen LogP contribution in [0.2, 0.25) is 0 Å². The highest BCUT2D eigenvalue weighted by molar-refractivity contribution is 5.85. The predicted molar refractivity (Wildman–Crippen MR) is 70.7 cm³/mol. The van der Waals surface area contributed by atoms with Crippen molar-refractivity contribution in [3.05, 3.63) is 17.5 Å². The molecule has 0 radical (unpaired) electrons. The summed E-state index contributed by atoms with van der Waals surface area (Å²) in [4.78, 5) is 15.1. The van der Waals surface area contributed by atoms with Crippen LogP contribution in [0.4, 0.5) is 0 Å². The number of carboxylic acid groups (broad SMARTS) is 1. The molecule has 1 aliphatic heterocycles. The minimum absolute atomic E-state index is 0. The molecule has 1 saturated heterocycles. The van der Waals surface area contributed by atoms with Crippen molar-refractivity contribution < 1.29 is 14.4 Å². The number of likely N-dealkylation sites (N-methyl/N-ethyl adjacent to an activating group) is 1. The van der Waals surface area contributed by atoms with Gasteiger partial charge < -0.3 is 14.5 Å². The van der Waals surface area contributed by atoms with E-state index in [2.05, 4.69) is 22.0 Å². The van der Waals surface area contributed by atoms with Gasteiger partial charge in [0.2, 0.25) is 0 Å². The first kappa shape index (κ1) is 17.2. The van der Waals surface area contributed by atoms with E-state index >= 15 is 0 Å². The van der Waals surface area contributed by atoms with Crippen molar-refractivity contribution in [3.8, 4) is 0 Å². The number of rotatable bonds is 3. The first-order chi connectivity index (χ1) is 7.65. The fraction of sp³-hybridized carbons (Fsp3) is 0.600. The topological polar surface area (TPSA) is 69.8 Å². The van der Waals surface area contributed by atoms with Gasteiger partial charge >= 0.3 is 5.97 Å². The van der Waals surface area contributed by atoms with E-state index in [4.69, 9.17) is 9.63 Å². The smallest absolute Gasteiger partial charge is 0.358 e. The molecule has 2 heterocycles. The molecule has 0 aliphatic carbocycles. The van der Waals surface area contributed by atoms with Gasteiger partial charge in [0, 0.05) is 32.2 Å². The first-order valence-corrected chi connectivity index (χ1v) is 5.25. The summed E-state index contributed by atoms with van der Waals surface area (Å²) in [5.41, 5.74) is -0.0240. The molecule has 104 valence electrons. The summed E-state index contributed by atoms with van der Waals surface area (Å²) in [6, 6.07) is 1.49. The van der Waals surface area contributed by atoms with Crippen molar-refractivity contribution in [1.29, 1.82) is 0 Å². The summed E-state index contributed by atoms with van der Waals surface area (Å²) in [6.45, 7) is 4.63. The number of carbonyl (C=O) groups is 1. The van der Waals surface area contributed by atoms with E-state index in [1.807, 2.05) is 0 Å². The average molecular weight is 298 g/mol. The van der Waals surface area contributed by atoms with Crippen molar-refractivity contribution in [3.63, 3.8) is 0 Å². The monoisotopic (exact) mass is 297 g/mol. The Morgan fingerprint density at radius 3 is 2.50 bits per heavy atom. The third-order valence-electron chi connectivity index (χ3n) is 2.75. The number of halogens is 2. The Morgan fingerprint density at radius 1 is 1.39 bits per heavy atom. The maximum absolute atomic E-state index is 10.6. The number of aromatic carboxylic acids is 1. The van der Waals surface area contributed by atoms with Gasteiger partial charge in [-0.05, 0) is 7.05 Å². The van der Waals surface area contributed by atoms with Crippen LogP contribution in [0.15, 0.2) is 10.6 Å². The van der Waals surface area contributed by atoms with Crippen LogP contribution in [0.25, 0.3) is 0 Å². The summed E-state index contributed by atoms with van der Waals surface area (Å²) >= 11 is 0. The highest BCUT2D eigenvalue weighted by Gasteiger charge is 2.17. The average Bonchev–Trinajstić information content (AvgIpc) is 2.70. The first-order valence-electron chi connectivity index (χ1n) is 5.25. The third kappa shape index (κ3) is 4.45. The normalized spacial score (nSPS) is 16.7. The van der Waals surface area contributed by atoms with E-state index in [0.717, 1.165) is 26.2 Å². The van der Waals surface area contributed by atoms with Gasteiger partial charge in [-0.2, -0.15) is 0 Å². The van der Waals surface area contributed by atoms with Gasteiger partial charge in [-0.15, -0.1) is 24.8 Å². The number of hydrogen-bond acceptors (Lipinski definition) is 5. The zero-order chi connectivity index (χ0) is 11.5. The molecule has 8 heteroatoms. The van der Waals surface area contributed by atoms with Crippen molar-refractivity contribution in [1.82, 2.24) is 15.0 Å². The molecule has 1 N–H and O–H groups in total. The summed E-state index contributed by atoms with van der Waals surface area (Å²) in [5, 5.41) is 12.2. The molecule has 1 aromatic heterocycles. The second-order valence-electron chi connectivity index (χ2n) is 4.06. The van der Waals surface area contributed by atoms with Crippen LogP contribution < -0.4 is 0 Å². The number of piperazine rings is 1. The maximum atomic E-state index is 10.6. The maximum Gasteiger partial charge on any atom is 0.358 e. The fourth-order valence-corrected chi connectivity index (χ4v) is 1.71. The summed E-state index contributed by atoms with van der Waals surface area (Å²) < 4.78 is 4.97. The van der Waals surface area contributed by atoms with E-state index in [-0.39, 0.29) is 30.5 Å². The van der Waals surface area contributed by atoms with Crippen LogP contribution in [0.1, 0.15) is 16.2 Å². The van der Waals surface area contributed by atoms with E-state index in [0.29, 0.717) is 12.3 Å². The quantitative estimate of drug-likeness (QED) is 0.896. The number of carboxylic acids is 1. The van der Waals surface area contributed by atoms with E-state index in [9.17, 15) is 4.79 Å². The lowest BCUT2D eigenvalue weighted by Gasteiger charge is -2.31. The number of aromatic nitrogens is 1. The van der Waals surface area contributed by atoms with E-state index < -0.39 is 5.97 Å². The summed E-state index contributed by atoms with van der Waals surface area (Å²) in [5.74, 6) is -0.435. The van der Waals surface area contributed by atoms with Crippen LogP contribution in [-0.2, 0) is 6.54 Å². The molecule has 2 rings (SSSR count). The summed E-state index contributed by atoms with van der Waals surface area (Å²) in [7, 11) is 2.09. The van der Waals surface area contributed by atoms with Gasteiger partial charge in [0.15, 0.2) is 11.5 Å². The lowest BCUT2D eigenvalue weighted by atomic mass is 10.3. The van der Waals surface area contributed by atoms with Gasteiger partial charge in [0.25, 0.3) is 0 Å².